The van der Waals surface area contributed by atoms with Crippen molar-refractivity contribution in [3.8, 4) is 0 Å². The lowest BCUT2D eigenvalue weighted by molar-refractivity contribution is -0.137. The molecule has 0 aliphatic heterocycles. The number of anilines is 4. The monoisotopic (exact) mass is 380 g/mol. The number of benzene rings is 2. The molecule has 1 heterocycles. The maximum absolute atomic E-state index is 13.8. The molecule has 3 rings (SSSR count). The van der Waals surface area contributed by atoms with Crippen molar-refractivity contribution in [3.05, 3.63) is 71.4 Å². The molecule has 2 aromatic carbocycles. The first-order valence-electron chi connectivity index (χ1n) is 7.73. The quantitative estimate of drug-likeness (QED) is 0.581. The van der Waals surface area contributed by atoms with Crippen LogP contribution in [0.25, 0.3) is 0 Å². The first kappa shape index (κ1) is 18.6. The van der Waals surface area contributed by atoms with Crippen LogP contribution in [0.4, 0.5) is 45.1 Å². The molecule has 0 atom stereocenters. The van der Waals surface area contributed by atoms with Crippen molar-refractivity contribution in [3.63, 3.8) is 0 Å². The van der Waals surface area contributed by atoms with Gasteiger partial charge in [-0.2, -0.15) is 18.2 Å². The lowest BCUT2D eigenvalue weighted by Gasteiger charge is -2.11. The van der Waals surface area contributed by atoms with E-state index in [1.54, 1.807) is 13.0 Å². The third kappa shape index (κ3) is 4.69. The number of nitrogens with zero attached hydrogens (tertiary/aromatic N) is 2. The summed E-state index contributed by atoms with van der Waals surface area (Å²) in [5.74, 6) is -1.15. The molecule has 0 fully saturated rings. The molecule has 0 saturated carbocycles. The van der Waals surface area contributed by atoms with E-state index in [-0.39, 0.29) is 17.5 Å². The van der Waals surface area contributed by atoms with Crippen molar-refractivity contribution in [2.45, 2.75) is 13.1 Å². The molecular formula is C18H13F5N4. The highest BCUT2D eigenvalue weighted by Gasteiger charge is 2.29. The van der Waals surface area contributed by atoms with Crippen LogP contribution >= 0.6 is 0 Å². The summed E-state index contributed by atoms with van der Waals surface area (Å²) in [7, 11) is 0. The lowest BCUT2D eigenvalue weighted by atomic mass is 10.2. The topological polar surface area (TPSA) is 49.8 Å². The molecule has 0 unspecified atom stereocenters. The molecule has 0 spiro atoms. The van der Waals surface area contributed by atoms with Gasteiger partial charge in [-0.15, -0.1) is 0 Å². The van der Waals surface area contributed by atoms with Crippen LogP contribution < -0.4 is 10.6 Å². The Kier molecular flexibility index (Phi) is 4.93. The van der Waals surface area contributed by atoms with Gasteiger partial charge < -0.3 is 10.6 Å². The van der Waals surface area contributed by atoms with Crippen LogP contribution in [0.1, 0.15) is 11.3 Å². The van der Waals surface area contributed by atoms with Crippen LogP contribution in [0.15, 0.2) is 48.5 Å². The van der Waals surface area contributed by atoms with Gasteiger partial charge in [0.25, 0.3) is 0 Å². The van der Waals surface area contributed by atoms with E-state index in [0.29, 0.717) is 11.4 Å². The Bertz CT molecular complexity index is 955. The third-order valence-electron chi connectivity index (χ3n) is 3.52. The molecule has 2 N–H and O–H groups in total. The third-order valence-corrected chi connectivity index (χ3v) is 3.52. The Hall–Kier alpha value is -3.23. The smallest absolute Gasteiger partial charge is 0.338 e. The second-order valence-electron chi connectivity index (χ2n) is 5.67. The highest BCUT2D eigenvalue weighted by molar-refractivity contribution is 5.60. The van der Waals surface area contributed by atoms with Gasteiger partial charge in [0, 0.05) is 23.5 Å². The maximum Gasteiger partial charge on any atom is 0.416 e. The largest absolute Gasteiger partial charge is 0.416 e. The highest BCUT2D eigenvalue weighted by atomic mass is 19.4. The summed E-state index contributed by atoms with van der Waals surface area (Å²) >= 11 is 0. The fourth-order valence-corrected chi connectivity index (χ4v) is 2.29. The molecule has 0 aliphatic rings. The van der Waals surface area contributed by atoms with Crippen molar-refractivity contribution in [1.82, 2.24) is 9.97 Å². The molecule has 27 heavy (non-hydrogen) atoms. The molecule has 0 saturated heterocycles. The maximum atomic E-state index is 13.8. The number of hydrogen-bond donors (Lipinski definition) is 2. The molecular weight excluding hydrogens is 367 g/mol. The molecule has 0 amide bonds. The fraction of sp³-hybridized carbons (Fsp3) is 0.111. The first-order chi connectivity index (χ1) is 12.7. The van der Waals surface area contributed by atoms with E-state index in [0.717, 1.165) is 24.3 Å². The van der Waals surface area contributed by atoms with Gasteiger partial charge in [-0.25, -0.2) is 13.8 Å². The van der Waals surface area contributed by atoms with Gasteiger partial charge in [0.05, 0.1) is 11.3 Å². The Labute approximate surface area is 151 Å². The Morgan fingerprint density at radius 2 is 1.56 bits per heavy atom. The van der Waals surface area contributed by atoms with Crippen LogP contribution in [0.2, 0.25) is 0 Å². The summed E-state index contributed by atoms with van der Waals surface area (Å²) in [5, 5.41) is 5.50. The molecule has 0 radical (unpaired) electrons. The number of alkyl halides is 3. The zero-order chi connectivity index (χ0) is 19.6. The Morgan fingerprint density at radius 1 is 0.852 bits per heavy atom. The summed E-state index contributed by atoms with van der Waals surface area (Å²) in [6.07, 6.45) is -4.42. The van der Waals surface area contributed by atoms with E-state index >= 15 is 0 Å². The number of halogens is 5. The minimum atomic E-state index is -4.42. The summed E-state index contributed by atoms with van der Waals surface area (Å²) in [5.41, 5.74) is 0.138. The summed E-state index contributed by atoms with van der Waals surface area (Å²) in [6.45, 7) is 1.67. The average Bonchev–Trinajstić information content (AvgIpc) is 2.57. The van der Waals surface area contributed by atoms with Gasteiger partial charge >= 0.3 is 6.18 Å². The first-order valence-corrected chi connectivity index (χ1v) is 7.73. The van der Waals surface area contributed by atoms with Crippen LogP contribution in [0.5, 0.6) is 0 Å². The molecule has 0 aliphatic carbocycles. The minimum Gasteiger partial charge on any atom is -0.338 e. The van der Waals surface area contributed by atoms with Crippen molar-refractivity contribution >= 4 is 23.1 Å². The van der Waals surface area contributed by atoms with E-state index in [9.17, 15) is 22.0 Å². The van der Waals surface area contributed by atoms with Gasteiger partial charge in [0.2, 0.25) is 5.95 Å². The molecule has 0 bridgehead atoms. The number of aromatic nitrogens is 2. The standard InChI is InChI=1S/C18H13F5N4/c1-10-8-16(26-15-7-4-12(19)9-14(15)20)27-17(24-10)25-13-5-2-11(3-6-13)18(21,22)23/h2-9H,1H3,(H2,24,25,26,27). The summed E-state index contributed by atoms with van der Waals surface area (Å²) in [4.78, 5) is 8.28. The van der Waals surface area contributed by atoms with Crippen LogP contribution in [0.3, 0.4) is 0 Å². The van der Waals surface area contributed by atoms with Crippen molar-refractivity contribution in [1.29, 1.82) is 0 Å². The second kappa shape index (κ2) is 7.18. The molecule has 9 heteroatoms. The zero-order valence-electron chi connectivity index (χ0n) is 13.9. The Balaban J connectivity index is 1.81. The normalized spacial score (nSPS) is 11.3. The molecule has 3 aromatic rings. The van der Waals surface area contributed by atoms with Crippen molar-refractivity contribution < 1.29 is 22.0 Å². The number of rotatable bonds is 4. The van der Waals surface area contributed by atoms with E-state index in [4.69, 9.17) is 0 Å². The van der Waals surface area contributed by atoms with E-state index in [1.807, 2.05) is 0 Å². The van der Waals surface area contributed by atoms with Gasteiger partial charge in [0.1, 0.15) is 17.5 Å². The summed E-state index contributed by atoms with van der Waals surface area (Å²) < 4.78 is 64.6. The SMILES string of the molecule is Cc1cc(Nc2ccc(F)cc2F)nc(Nc2ccc(C(F)(F)F)cc2)n1. The van der Waals surface area contributed by atoms with E-state index in [2.05, 4.69) is 20.6 Å². The fourth-order valence-electron chi connectivity index (χ4n) is 2.29. The molecule has 4 nitrogen and oxygen atoms in total. The number of nitrogens with one attached hydrogen (secondary N) is 2. The zero-order valence-corrected chi connectivity index (χ0v) is 13.9. The predicted octanol–water partition coefficient (Wildman–Crippen LogP) is 5.57. The Morgan fingerprint density at radius 3 is 2.19 bits per heavy atom. The van der Waals surface area contributed by atoms with Crippen molar-refractivity contribution in [2.24, 2.45) is 0 Å². The van der Waals surface area contributed by atoms with Gasteiger partial charge in [-0.1, -0.05) is 0 Å². The predicted molar refractivity (Wildman–Crippen MR) is 91.1 cm³/mol. The van der Waals surface area contributed by atoms with E-state index < -0.39 is 23.4 Å². The summed E-state index contributed by atoms with van der Waals surface area (Å²) in [6, 6.07) is 8.98. The second-order valence-corrected chi connectivity index (χ2v) is 5.67. The van der Waals surface area contributed by atoms with Gasteiger partial charge in [-0.3, -0.25) is 0 Å². The minimum absolute atomic E-state index is 0.0231. The van der Waals surface area contributed by atoms with Crippen LogP contribution in [0, 0.1) is 18.6 Å². The molecule has 1 aromatic heterocycles. The number of hydrogen-bond acceptors (Lipinski definition) is 4. The van der Waals surface area contributed by atoms with Crippen LogP contribution in [-0.4, -0.2) is 9.97 Å². The van der Waals surface area contributed by atoms with Crippen LogP contribution in [-0.2, 0) is 6.18 Å². The highest BCUT2D eigenvalue weighted by Crippen LogP contribution is 2.30. The molecule has 140 valence electrons. The van der Waals surface area contributed by atoms with E-state index in [1.165, 1.54) is 18.2 Å². The van der Waals surface area contributed by atoms with Crippen molar-refractivity contribution in [2.75, 3.05) is 10.6 Å². The lowest BCUT2D eigenvalue weighted by Crippen LogP contribution is -2.05. The van der Waals surface area contributed by atoms with Gasteiger partial charge in [0.15, 0.2) is 0 Å². The number of aryl methyl sites for hydroxylation is 1. The van der Waals surface area contributed by atoms with Gasteiger partial charge in [-0.05, 0) is 43.3 Å². The average molecular weight is 380 g/mol.